The minimum absolute atomic E-state index is 0.0655. The average molecular weight is 291 g/mol. The third-order valence-electron chi connectivity index (χ3n) is 3.90. The van der Waals surface area contributed by atoms with Gasteiger partial charge in [-0.15, -0.1) is 0 Å². The number of pyridine rings is 1. The van der Waals surface area contributed by atoms with Crippen molar-refractivity contribution in [3.8, 4) is 0 Å². The minimum Gasteiger partial charge on any atom is -0.376 e. The Labute approximate surface area is 124 Å². The number of hydrogen-bond donors (Lipinski definition) is 0. The van der Waals surface area contributed by atoms with Crippen LogP contribution in [-0.4, -0.2) is 72.8 Å². The fraction of sp³-hybridized carbons (Fsp3) is 0.600. The molecule has 0 saturated carbocycles. The summed E-state index contributed by atoms with van der Waals surface area (Å²) in [5.41, 5.74) is 1.21. The van der Waals surface area contributed by atoms with Crippen LogP contribution >= 0.6 is 0 Å². The summed E-state index contributed by atoms with van der Waals surface area (Å²) < 4.78 is 10.8. The maximum atomic E-state index is 12.3. The Balaban J connectivity index is 1.47. The SMILES string of the molecule is O=C([C@@H]1COCCO1)N1CCN(Cc2cccnc2)CC1. The van der Waals surface area contributed by atoms with Crippen LogP contribution in [0.25, 0.3) is 0 Å². The number of piperazine rings is 1. The van der Waals surface area contributed by atoms with E-state index in [0.717, 1.165) is 32.7 Å². The van der Waals surface area contributed by atoms with E-state index in [4.69, 9.17) is 9.47 Å². The quantitative estimate of drug-likeness (QED) is 0.793. The molecule has 3 rings (SSSR count). The number of aromatic nitrogens is 1. The number of rotatable bonds is 3. The van der Waals surface area contributed by atoms with Gasteiger partial charge in [0, 0.05) is 45.1 Å². The van der Waals surface area contributed by atoms with Gasteiger partial charge in [-0.1, -0.05) is 6.07 Å². The van der Waals surface area contributed by atoms with Gasteiger partial charge in [-0.05, 0) is 11.6 Å². The zero-order valence-electron chi connectivity index (χ0n) is 12.1. The number of hydrogen-bond acceptors (Lipinski definition) is 5. The van der Waals surface area contributed by atoms with Gasteiger partial charge in [-0.2, -0.15) is 0 Å². The second-order valence-electron chi connectivity index (χ2n) is 5.40. The van der Waals surface area contributed by atoms with E-state index in [-0.39, 0.29) is 5.91 Å². The highest BCUT2D eigenvalue weighted by Crippen LogP contribution is 2.11. The Bertz CT molecular complexity index is 454. The standard InChI is InChI=1S/C15H21N3O3/c19-15(14-12-20-8-9-21-14)18-6-4-17(5-7-18)11-13-2-1-3-16-10-13/h1-3,10,14H,4-9,11-12H2/t14-/m0/s1. The summed E-state index contributed by atoms with van der Waals surface area (Å²) in [6.45, 7) is 5.63. The van der Waals surface area contributed by atoms with Crippen LogP contribution in [0.5, 0.6) is 0 Å². The van der Waals surface area contributed by atoms with Crippen LogP contribution in [-0.2, 0) is 20.8 Å². The number of ether oxygens (including phenoxy) is 2. The lowest BCUT2D eigenvalue weighted by molar-refractivity contribution is -0.159. The zero-order valence-corrected chi connectivity index (χ0v) is 12.1. The first kappa shape index (κ1) is 14.4. The molecule has 0 bridgehead atoms. The van der Waals surface area contributed by atoms with E-state index < -0.39 is 6.10 Å². The van der Waals surface area contributed by atoms with Crippen LogP contribution in [0.15, 0.2) is 24.5 Å². The molecule has 114 valence electrons. The summed E-state index contributed by atoms with van der Waals surface area (Å²) in [5.74, 6) is 0.0655. The number of carbonyl (C=O) groups is 1. The molecule has 0 unspecified atom stereocenters. The molecule has 1 atom stereocenters. The highest BCUT2D eigenvalue weighted by Gasteiger charge is 2.29. The molecule has 2 fully saturated rings. The van der Waals surface area contributed by atoms with E-state index in [9.17, 15) is 4.79 Å². The topological polar surface area (TPSA) is 54.9 Å². The third kappa shape index (κ3) is 3.78. The van der Waals surface area contributed by atoms with Crippen molar-refractivity contribution in [3.63, 3.8) is 0 Å². The Morgan fingerprint density at radius 2 is 2.14 bits per heavy atom. The maximum absolute atomic E-state index is 12.3. The smallest absolute Gasteiger partial charge is 0.254 e. The van der Waals surface area contributed by atoms with Gasteiger partial charge in [0.15, 0.2) is 6.10 Å². The Hall–Kier alpha value is -1.50. The van der Waals surface area contributed by atoms with Crippen molar-refractivity contribution in [2.24, 2.45) is 0 Å². The molecule has 0 spiro atoms. The van der Waals surface area contributed by atoms with Gasteiger partial charge in [-0.3, -0.25) is 14.7 Å². The first-order chi connectivity index (χ1) is 10.3. The molecule has 21 heavy (non-hydrogen) atoms. The molecule has 2 aliphatic rings. The van der Waals surface area contributed by atoms with E-state index in [1.807, 2.05) is 17.2 Å². The fourth-order valence-corrected chi connectivity index (χ4v) is 2.71. The molecule has 2 saturated heterocycles. The van der Waals surface area contributed by atoms with Crippen molar-refractivity contribution < 1.29 is 14.3 Å². The second kappa shape index (κ2) is 6.98. The summed E-state index contributed by atoms with van der Waals surface area (Å²) in [4.78, 5) is 20.7. The molecule has 3 heterocycles. The average Bonchev–Trinajstić information content (AvgIpc) is 2.57. The third-order valence-corrected chi connectivity index (χ3v) is 3.90. The number of nitrogens with zero attached hydrogens (tertiary/aromatic N) is 3. The van der Waals surface area contributed by atoms with Gasteiger partial charge in [0.2, 0.25) is 0 Å². The molecule has 0 aliphatic carbocycles. The molecule has 0 radical (unpaired) electrons. The van der Waals surface area contributed by atoms with Crippen molar-refractivity contribution in [2.75, 3.05) is 46.0 Å². The van der Waals surface area contributed by atoms with Crippen LogP contribution in [0.3, 0.4) is 0 Å². The normalized spacial score (nSPS) is 24.0. The van der Waals surface area contributed by atoms with E-state index in [1.165, 1.54) is 5.56 Å². The van der Waals surface area contributed by atoms with Crippen molar-refractivity contribution in [1.29, 1.82) is 0 Å². The van der Waals surface area contributed by atoms with Crippen molar-refractivity contribution in [2.45, 2.75) is 12.6 Å². The summed E-state index contributed by atoms with van der Waals surface area (Å²) in [6, 6.07) is 4.03. The molecule has 6 nitrogen and oxygen atoms in total. The van der Waals surface area contributed by atoms with Crippen LogP contribution in [0.4, 0.5) is 0 Å². The first-order valence-corrected chi connectivity index (χ1v) is 7.42. The van der Waals surface area contributed by atoms with Crippen molar-refractivity contribution in [3.05, 3.63) is 30.1 Å². The Morgan fingerprint density at radius 3 is 2.81 bits per heavy atom. The molecule has 6 heteroatoms. The molecular weight excluding hydrogens is 270 g/mol. The van der Waals surface area contributed by atoms with Crippen LogP contribution < -0.4 is 0 Å². The van der Waals surface area contributed by atoms with E-state index in [0.29, 0.717) is 19.8 Å². The maximum Gasteiger partial charge on any atom is 0.254 e. The van der Waals surface area contributed by atoms with Gasteiger partial charge >= 0.3 is 0 Å². The van der Waals surface area contributed by atoms with Gasteiger partial charge in [0.25, 0.3) is 5.91 Å². The summed E-state index contributed by atoms with van der Waals surface area (Å²) >= 11 is 0. The molecule has 2 aliphatic heterocycles. The fourth-order valence-electron chi connectivity index (χ4n) is 2.71. The van der Waals surface area contributed by atoms with Crippen LogP contribution in [0, 0.1) is 0 Å². The summed E-state index contributed by atoms with van der Waals surface area (Å²) in [6.07, 6.45) is 3.26. The van der Waals surface area contributed by atoms with Crippen LogP contribution in [0.2, 0.25) is 0 Å². The lowest BCUT2D eigenvalue weighted by Gasteiger charge is -2.36. The van der Waals surface area contributed by atoms with E-state index >= 15 is 0 Å². The minimum atomic E-state index is -0.413. The van der Waals surface area contributed by atoms with Gasteiger partial charge < -0.3 is 14.4 Å². The molecule has 1 aromatic rings. The largest absolute Gasteiger partial charge is 0.376 e. The molecule has 0 N–H and O–H groups in total. The van der Waals surface area contributed by atoms with Gasteiger partial charge in [0.1, 0.15) is 0 Å². The number of carbonyl (C=O) groups excluding carboxylic acids is 1. The lowest BCUT2D eigenvalue weighted by atomic mass is 10.2. The lowest BCUT2D eigenvalue weighted by Crippen LogP contribution is -2.53. The van der Waals surface area contributed by atoms with Gasteiger partial charge in [0.05, 0.1) is 19.8 Å². The van der Waals surface area contributed by atoms with Crippen LogP contribution in [0.1, 0.15) is 5.56 Å². The Morgan fingerprint density at radius 1 is 1.29 bits per heavy atom. The van der Waals surface area contributed by atoms with E-state index in [1.54, 1.807) is 6.20 Å². The summed E-state index contributed by atoms with van der Waals surface area (Å²) in [7, 11) is 0. The Kier molecular flexibility index (Phi) is 4.80. The number of amides is 1. The van der Waals surface area contributed by atoms with E-state index in [2.05, 4.69) is 16.0 Å². The molecule has 0 aromatic carbocycles. The second-order valence-corrected chi connectivity index (χ2v) is 5.40. The monoisotopic (exact) mass is 291 g/mol. The predicted molar refractivity (Wildman–Crippen MR) is 76.7 cm³/mol. The highest BCUT2D eigenvalue weighted by molar-refractivity contribution is 5.81. The molecular formula is C15H21N3O3. The zero-order chi connectivity index (χ0) is 14.5. The van der Waals surface area contributed by atoms with Crippen molar-refractivity contribution >= 4 is 5.91 Å². The summed E-state index contributed by atoms with van der Waals surface area (Å²) in [5, 5.41) is 0. The first-order valence-electron chi connectivity index (χ1n) is 7.42. The molecule has 1 amide bonds. The van der Waals surface area contributed by atoms with Gasteiger partial charge in [-0.25, -0.2) is 0 Å². The highest BCUT2D eigenvalue weighted by atomic mass is 16.6. The molecule has 1 aromatic heterocycles. The van der Waals surface area contributed by atoms with Crippen molar-refractivity contribution in [1.82, 2.24) is 14.8 Å². The predicted octanol–water partition coefficient (Wildman–Crippen LogP) is 0.141.